The highest BCUT2D eigenvalue weighted by molar-refractivity contribution is 5.84. The maximum Gasteiger partial charge on any atom is 0.136 e. The van der Waals surface area contributed by atoms with Gasteiger partial charge in [0.2, 0.25) is 0 Å². The molecule has 1 N–H and O–H groups in total. The molecule has 3 fully saturated rings. The molecule has 3 heteroatoms. The second-order valence-electron chi connectivity index (χ2n) is 9.26. The minimum absolute atomic E-state index is 0.0307. The highest BCUT2D eigenvalue weighted by Crippen LogP contribution is 2.43. The van der Waals surface area contributed by atoms with E-state index >= 15 is 0 Å². The molecule has 0 aliphatic heterocycles. The van der Waals surface area contributed by atoms with E-state index in [0.29, 0.717) is 31.0 Å². The monoisotopic (exact) mass is 362 g/mol. The van der Waals surface area contributed by atoms with Gasteiger partial charge in [-0.15, -0.1) is 0 Å². The number of hydrogen-bond acceptors (Lipinski definition) is 3. The Morgan fingerprint density at radius 2 is 1.35 bits per heavy atom. The van der Waals surface area contributed by atoms with Crippen LogP contribution in [0.25, 0.3) is 0 Å². The molecule has 0 aromatic rings. The van der Waals surface area contributed by atoms with Crippen molar-refractivity contribution in [1.82, 2.24) is 0 Å². The first kappa shape index (κ1) is 20.0. The van der Waals surface area contributed by atoms with E-state index in [4.69, 9.17) is 0 Å². The molecule has 3 saturated carbocycles. The van der Waals surface area contributed by atoms with Gasteiger partial charge in [0.25, 0.3) is 0 Å². The molecule has 0 heterocycles. The minimum atomic E-state index is -0.303. The molecular weight excluding hydrogens is 324 g/mol. The van der Waals surface area contributed by atoms with E-state index < -0.39 is 0 Å². The zero-order chi connectivity index (χ0) is 18.4. The summed E-state index contributed by atoms with van der Waals surface area (Å²) in [5.74, 6) is 2.45. The van der Waals surface area contributed by atoms with Gasteiger partial charge in [-0.2, -0.15) is 0 Å². The van der Waals surface area contributed by atoms with Gasteiger partial charge < -0.3 is 5.11 Å². The van der Waals surface area contributed by atoms with Crippen LogP contribution in [0.5, 0.6) is 0 Å². The SMILES string of the molecule is O=C(CCCC(=O)C1CCCCC2CCCCC21)C1CCCCC(O)C1. The highest BCUT2D eigenvalue weighted by atomic mass is 16.3. The van der Waals surface area contributed by atoms with E-state index in [1.165, 1.54) is 44.9 Å². The topological polar surface area (TPSA) is 54.4 Å². The molecule has 5 atom stereocenters. The number of fused-ring (bicyclic) bond motifs is 1. The van der Waals surface area contributed by atoms with E-state index in [0.717, 1.165) is 44.4 Å². The quantitative estimate of drug-likeness (QED) is 0.658. The fraction of sp³-hybridized carbons (Fsp3) is 0.913. The van der Waals surface area contributed by atoms with Crippen molar-refractivity contribution in [2.75, 3.05) is 0 Å². The van der Waals surface area contributed by atoms with Crippen LogP contribution in [0.4, 0.5) is 0 Å². The normalized spacial score (nSPS) is 35.8. The van der Waals surface area contributed by atoms with Crippen LogP contribution < -0.4 is 0 Å². The minimum Gasteiger partial charge on any atom is -0.393 e. The van der Waals surface area contributed by atoms with E-state index in [2.05, 4.69) is 0 Å². The Balaban J connectivity index is 1.46. The van der Waals surface area contributed by atoms with Crippen molar-refractivity contribution < 1.29 is 14.7 Å². The van der Waals surface area contributed by atoms with Crippen LogP contribution in [0.1, 0.15) is 103 Å². The van der Waals surface area contributed by atoms with Crippen LogP contribution in [0.2, 0.25) is 0 Å². The molecule has 0 bridgehead atoms. The van der Waals surface area contributed by atoms with Crippen molar-refractivity contribution in [2.24, 2.45) is 23.7 Å². The third-order valence-electron chi connectivity index (χ3n) is 7.44. The molecule has 0 saturated heterocycles. The van der Waals surface area contributed by atoms with Crippen LogP contribution in [0.3, 0.4) is 0 Å². The lowest BCUT2D eigenvalue weighted by atomic mass is 9.70. The molecule has 0 amide bonds. The molecule has 5 unspecified atom stereocenters. The second-order valence-corrected chi connectivity index (χ2v) is 9.26. The van der Waals surface area contributed by atoms with Crippen LogP contribution in [0.15, 0.2) is 0 Å². The van der Waals surface area contributed by atoms with E-state index in [1.54, 1.807) is 0 Å². The van der Waals surface area contributed by atoms with Gasteiger partial charge in [0.1, 0.15) is 11.6 Å². The first-order valence-corrected chi connectivity index (χ1v) is 11.4. The first-order valence-electron chi connectivity index (χ1n) is 11.4. The Morgan fingerprint density at radius 3 is 2.15 bits per heavy atom. The maximum absolute atomic E-state index is 12.9. The standard InChI is InChI=1S/C23H38O3/c24-19-11-4-1-10-18(16-19)22(25)14-7-15-23(26)21-13-6-3-9-17-8-2-5-12-20(17)21/h17-21,24H,1-16H2. The van der Waals surface area contributed by atoms with Crippen molar-refractivity contribution in [2.45, 2.75) is 109 Å². The summed E-state index contributed by atoms with van der Waals surface area (Å²) < 4.78 is 0. The summed E-state index contributed by atoms with van der Waals surface area (Å²) in [7, 11) is 0. The summed E-state index contributed by atoms with van der Waals surface area (Å²) in [6, 6.07) is 0. The summed E-state index contributed by atoms with van der Waals surface area (Å²) in [6.45, 7) is 0. The first-order chi connectivity index (χ1) is 12.6. The van der Waals surface area contributed by atoms with Crippen molar-refractivity contribution >= 4 is 11.6 Å². The van der Waals surface area contributed by atoms with E-state index in [-0.39, 0.29) is 23.7 Å². The van der Waals surface area contributed by atoms with Gasteiger partial charge in [0.05, 0.1) is 6.10 Å². The largest absolute Gasteiger partial charge is 0.393 e. The van der Waals surface area contributed by atoms with Crippen molar-refractivity contribution in [3.63, 3.8) is 0 Å². The highest BCUT2D eigenvalue weighted by Gasteiger charge is 2.36. The van der Waals surface area contributed by atoms with Gasteiger partial charge in [0.15, 0.2) is 0 Å². The number of carbonyl (C=O) groups excluding carboxylic acids is 2. The van der Waals surface area contributed by atoms with Crippen LogP contribution >= 0.6 is 0 Å². The van der Waals surface area contributed by atoms with E-state index in [1.807, 2.05) is 0 Å². The molecule has 3 nitrogen and oxygen atoms in total. The van der Waals surface area contributed by atoms with Gasteiger partial charge in [-0.3, -0.25) is 9.59 Å². The number of aliphatic hydroxyl groups is 1. The number of rotatable bonds is 6. The summed E-state index contributed by atoms with van der Waals surface area (Å²) in [5, 5.41) is 9.92. The number of hydrogen-bond donors (Lipinski definition) is 1. The predicted octanol–water partition coefficient (Wildman–Crippen LogP) is 5.23. The average Bonchev–Trinajstić information content (AvgIpc) is 2.99. The lowest BCUT2D eigenvalue weighted by Gasteiger charge is -2.34. The Bertz CT molecular complexity index is 472. The van der Waals surface area contributed by atoms with Crippen LogP contribution in [-0.2, 0) is 9.59 Å². The summed E-state index contributed by atoms with van der Waals surface area (Å²) in [5.41, 5.74) is 0. The molecule has 26 heavy (non-hydrogen) atoms. The number of ketones is 2. The fourth-order valence-electron chi connectivity index (χ4n) is 5.96. The van der Waals surface area contributed by atoms with Crippen molar-refractivity contribution in [3.8, 4) is 0 Å². The van der Waals surface area contributed by atoms with E-state index in [9.17, 15) is 14.7 Å². The lowest BCUT2D eigenvalue weighted by Crippen LogP contribution is -2.30. The number of aliphatic hydroxyl groups excluding tert-OH is 1. The molecule has 3 aliphatic carbocycles. The van der Waals surface area contributed by atoms with Gasteiger partial charge in [-0.05, 0) is 50.4 Å². The van der Waals surface area contributed by atoms with Gasteiger partial charge in [0, 0.05) is 24.7 Å². The molecule has 148 valence electrons. The smallest absolute Gasteiger partial charge is 0.136 e. The molecule has 0 aromatic carbocycles. The Hall–Kier alpha value is -0.700. The Morgan fingerprint density at radius 1 is 0.731 bits per heavy atom. The van der Waals surface area contributed by atoms with Crippen molar-refractivity contribution in [3.05, 3.63) is 0 Å². The second kappa shape index (κ2) is 10.0. The zero-order valence-electron chi connectivity index (χ0n) is 16.5. The average molecular weight is 363 g/mol. The van der Waals surface area contributed by atoms with Crippen LogP contribution in [0, 0.1) is 23.7 Å². The van der Waals surface area contributed by atoms with Crippen molar-refractivity contribution in [1.29, 1.82) is 0 Å². The predicted molar refractivity (Wildman–Crippen MR) is 104 cm³/mol. The molecule has 0 aromatic heterocycles. The zero-order valence-corrected chi connectivity index (χ0v) is 16.5. The maximum atomic E-state index is 12.9. The van der Waals surface area contributed by atoms with Crippen LogP contribution in [-0.4, -0.2) is 22.8 Å². The van der Waals surface area contributed by atoms with Gasteiger partial charge in [-0.1, -0.05) is 51.4 Å². The van der Waals surface area contributed by atoms with Gasteiger partial charge in [-0.25, -0.2) is 0 Å². The number of carbonyl (C=O) groups is 2. The molecular formula is C23H38O3. The summed E-state index contributed by atoms with van der Waals surface area (Å²) in [6.07, 6.45) is 16.2. The van der Waals surface area contributed by atoms with Gasteiger partial charge >= 0.3 is 0 Å². The third kappa shape index (κ3) is 5.41. The Labute approximate surface area is 159 Å². The molecule has 0 radical (unpaired) electrons. The molecule has 0 spiro atoms. The lowest BCUT2D eigenvalue weighted by molar-refractivity contribution is -0.126. The summed E-state index contributed by atoms with van der Waals surface area (Å²) >= 11 is 0. The Kier molecular flexibility index (Phi) is 7.72. The summed E-state index contributed by atoms with van der Waals surface area (Å²) in [4.78, 5) is 25.4. The third-order valence-corrected chi connectivity index (χ3v) is 7.44. The molecule has 3 aliphatic rings. The molecule has 3 rings (SSSR count). The fourth-order valence-corrected chi connectivity index (χ4v) is 5.96. The number of Topliss-reactive ketones (excluding diaryl/α,β-unsaturated/α-hetero) is 2.